The molecule has 0 aliphatic carbocycles. The zero-order chi connectivity index (χ0) is 13.1. The van der Waals surface area contributed by atoms with E-state index in [9.17, 15) is 0 Å². The van der Waals surface area contributed by atoms with Crippen LogP contribution in [0.2, 0.25) is 0 Å². The van der Waals surface area contributed by atoms with Crippen LogP contribution in [0.4, 0.5) is 0 Å². The molecule has 4 heterocycles. The van der Waals surface area contributed by atoms with Gasteiger partial charge in [0, 0.05) is 44.8 Å². The van der Waals surface area contributed by atoms with Gasteiger partial charge in [0.15, 0.2) is 0 Å². The third kappa shape index (κ3) is 3.02. The topological polar surface area (TPSA) is 31.7 Å². The van der Waals surface area contributed by atoms with Crippen LogP contribution < -0.4 is 5.32 Å². The summed E-state index contributed by atoms with van der Waals surface area (Å²) in [6, 6.07) is 3.29. The predicted molar refractivity (Wildman–Crippen MR) is 76.3 cm³/mol. The first-order valence-electron chi connectivity index (χ1n) is 7.57. The molecule has 0 saturated carbocycles. The van der Waals surface area contributed by atoms with Crippen molar-refractivity contribution in [1.29, 1.82) is 0 Å². The third-order valence-electron chi connectivity index (χ3n) is 4.48. The number of fused-ring (bicyclic) bond motifs is 3. The highest BCUT2D eigenvalue weighted by Crippen LogP contribution is 2.20. The summed E-state index contributed by atoms with van der Waals surface area (Å²) in [7, 11) is 0. The van der Waals surface area contributed by atoms with Crippen molar-refractivity contribution >= 4 is 0 Å². The van der Waals surface area contributed by atoms with Gasteiger partial charge in [-0.25, -0.2) is 0 Å². The van der Waals surface area contributed by atoms with Crippen LogP contribution in [-0.2, 0) is 6.42 Å². The van der Waals surface area contributed by atoms with Crippen molar-refractivity contribution < 1.29 is 4.42 Å². The molecule has 106 valence electrons. The molecule has 3 saturated heterocycles. The van der Waals surface area contributed by atoms with E-state index in [0.29, 0.717) is 12.1 Å². The Labute approximate surface area is 115 Å². The van der Waals surface area contributed by atoms with E-state index < -0.39 is 0 Å². The lowest BCUT2D eigenvalue weighted by atomic mass is 9.95. The molecule has 3 aliphatic rings. The number of hydrogen-bond donors (Lipinski definition) is 1. The maximum Gasteiger partial charge on any atom is 0.0935 e. The number of nitrogens with one attached hydrogen (secondary N) is 1. The molecule has 1 aromatic rings. The highest BCUT2D eigenvalue weighted by atomic mass is 16.3. The van der Waals surface area contributed by atoms with Crippen LogP contribution in [-0.4, -0.2) is 61.2 Å². The summed E-state index contributed by atoms with van der Waals surface area (Å²) in [5, 5.41) is 3.75. The lowest BCUT2D eigenvalue weighted by molar-refractivity contribution is -0.00311. The minimum absolute atomic E-state index is 0.542. The average molecular weight is 263 g/mol. The molecule has 0 spiro atoms. The lowest BCUT2D eigenvalue weighted by Crippen LogP contribution is -2.66. The fourth-order valence-electron chi connectivity index (χ4n) is 3.38. The Morgan fingerprint density at radius 1 is 1.37 bits per heavy atom. The second kappa shape index (κ2) is 6.07. The van der Waals surface area contributed by atoms with Crippen LogP contribution in [0.15, 0.2) is 23.0 Å². The van der Waals surface area contributed by atoms with Gasteiger partial charge in [-0.05, 0) is 31.0 Å². The molecule has 4 heteroatoms. The molecule has 2 unspecified atom stereocenters. The predicted octanol–water partition coefficient (Wildman–Crippen LogP) is 1.19. The van der Waals surface area contributed by atoms with Crippen molar-refractivity contribution in [2.75, 3.05) is 39.3 Å². The van der Waals surface area contributed by atoms with Crippen LogP contribution in [0.1, 0.15) is 18.9 Å². The fraction of sp³-hybridized carbons (Fsp3) is 0.733. The van der Waals surface area contributed by atoms with Crippen molar-refractivity contribution in [2.45, 2.75) is 31.8 Å². The molecule has 3 fully saturated rings. The third-order valence-corrected chi connectivity index (χ3v) is 4.48. The summed E-state index contributed by atoms with van der Waals surface area (Å²) in [5.74, 6) is 0. The Morgan fingerprint density at radius 2 is 2.21 bits per heavy atom. The van der Waals surface area contributed by atoms with Crippen molar-refractivity contribution in [3.05, 3.63) is 24.2 Å². The molecule has 2 bridgehead atoms. The van der Waals surface area contributed by atoms with E-state index in [-0.39, 0.29) is 0 Å². The van der Waals surface area contributed by atoms with Crippen LogP contribution in [0.5, 0.6) is 0 Å². The molecular weight excluding hydrogens is 238 g/mol. The molecule has 3 aliphatic heterocycles. The number of nitrogens with zero attached hydrogens (tertiary/aromatic N) is 2. The molecule has 0 aromatic carbocycles. The number of furan rings is 1. The second-order valence-electron chi connectivity index (χ2n) is 5.80. The standard InChI is InChI=1S/C15H25N3O/c1-2-4-16-14(10-13-3-9-19-12-13)15-11-17-5-7-18(15)8-6-17/h3,9,12,14-16H,2,4-8,10-11H2,1H3. The molecule has 4 nitrogen and oxygen atoms in total. The van der Waals surface area contributed by atoms with Crippen molar-refractivity contribution in [2.24, 2.45) is 0 Å². The Kier molecular flexibility index (Phi) is 4.21. The quantitative estimate of drug-likeness (QED) is 0.835. The van der Waals surface area contributed by atoms with E-state index in [1.54, 1.807) is 6.26 Å². The first kappa shape index (κ1) is 13.2. The largest absolute Gasteiger partial charge is 0.472 e. The van der Waals surface area contributed by atoms with Crippen LogP contribution in [0.3, 0.4) is 0 Å². The van der Waals surface area contributed by atoms with Gasteiger partial charge in [0.05, 0.1) is 12.5 Å². The molecule has 0 amide bonds. The number of hydrogen-bond acceptors (Lipinski definition) is 4. The molecule has 4 rings (SSSR count). The molecular formula is C15H25N3O. The van der Waals surface area contributed by atoms with Gasteiger partial charge >= 0.3 is 0 Å². The Bertz CT molecular complexity index is 371. The molecule has 1 aromatic heterocycles. The van der Waals surface area contributed by atoms with Gasteiger partial charge < -0.3 is 9.73 Å². The van der Waals surface area contributed by atoms with E-state index in [0.717, 1.165) is 13.0 Å². The molecule has 2 atom stereocenters. The minimum Gasteiger partial charge on any atom is -0.472 e. The minimum atomic E-state index is 0.542. The Hall–Kier alpha value is -0.840. The van der Waals surface area contributed by atoms with Crippen LogP contribution >= 0.6 is 0 Å². The molecule has 0 radical (unpaired) electrons. The van der Waals surface area contributed by atoms with E-state index in [1.165, 1.54) is 44.7 Å². The Balaban J connectivity index is 1.67. The zero-order valence-corrected chi connectivity index (χ0v) is 11.8. The van der Waals surface area contributed by atoms with E-state index in [2.05, 4.69) is 28.1 Å². The van der Waals surface area contributed by atoms with E-state index in [4.69, 9.17) is 4.42 Å². The summed E-state index contributed by atoms with van der Waals surface area (Å²) in [6.07, 6.45) is 5.93. The van der Waals surface area contributed by atoms with Crippen LogP contribution in [0.25, 0.3) is 0 Å². The van der Waals surface area contributed by atoms with E-state index in [1.807, 2.05) is 6.26 Å². The molecule has 1 N–H and O–H groups in total. The van der Waals surface area contributed by atoms with E-state index >= 15 is 0 Å². The lowest BCUT2D eigenvalue weighted by Gasteiger charge is -2.50. The summed E-state index contributed by atoms with van der Waals surface area (Å²) >= 11 is 0. The smallest absolute Gasteiger partial charge is 0.0935 e. The maximum atomic E-state index is 5.22. The van der Waals surface area contributed by atoms with Crippen molar-refractivity contribution in [3.63, 3.8) is 0 Å². The first-order valence-corrected chi connectivity index (χ1v) is 7.57. The fourth-order valence-corrected chi connectivity index (χ4v) is 3.38. The highest BCUT2D eigenvalue weighted by molar-refractivity contribution is 5.10. The number of rotatable bonds is 6. The normalized spacial score (nSPS) is 31.5. The molecule has 19 heavy (non-hydrogen) atoms. The van der Waals surface area contributed by atoms with Crippen molar-refractivity contribution in [1.82, 2.24) is 15.1 Å². The SMILES string of the molecule is CCCNC(Cc1ccoc1)C1CN2CCN1CC2. The average Bonchev–Trinajstić information content (AvgIpc) is 2.97. The van der Waals surface area contributed by atoms with Gasteiger partial charge in [0.25, 0.3) is 0 Å². The Morgan fingerprint density at radius 3 is 2.79 bits per heavy atom. The zero-order valence-electron chi connectivity index (χ0n) is 11.8. The number of piperazine rings is 3. The van der Waals surface area contributed by atoms with Gasteiger partial charge in [-0.1, -0.05) is 6.92 Å². The van der Waals surface area contributed by atoms with Crippen molar-refractivity contribution in [3.8, 4) is 0 Å². The summed E-state index contributed by atoms with van der Waals surface area (Å²) in [4.78, 5) is 5.29. The van der Waals surface area contributed by atoms with Gasteiger partial charge in [0.1, 0.15) is 0 Å². The summed E-state index contributed by atoms with van der Waals surface area (Å²) < 4.78 is 5.22. The maximum absolute atomic E-state index is 5.22. The monoisotopic (exact) mass is 263 g/mol. The highest BCUT2D eigenvalue weighted by Gasteiger charge is 2.36. The summed E-state index contributed by atoms with van der Waals surface area (Å²) in [5.41, 5.74) is 1.31. The van der Waals surface area contributed by atoms with Gasteiger partial charge in [-0.2, -0.15) is 0 Å². The van der Waals surface area contributed by atoms with Crippen LogP contribution in [0, 0.1) is 0 Å². The van der Waals surface area contributed by atoms with Gasteiger partial charge in [0.2, 0.25) is 0 Å². The van der Waals surface area contributed by atoms with Gasteiger partial charge in [-0.15, -0.1) is 0 Å². The first-order chi connectivity index (χ1) is 9.36. The summed E-state index contributed by atoms with van der Waals surface area (Å²) in [6.45, 7) is 9.54. The second-order valence-corrected chi connectivity index (χ2v) is 5.80. The van der Waals surface area contributed by atoms with Gasteiger partial charge in [-0.3, -0.25) is 9.80 Å².